The van der Waals surface area contributed by atoms with E-state index in [9.17, 15) is 28.1 Å². The first kappa shape index (κ1) is 22.9. The van der Waals surface area contributed by atoms with Gasteiger partial charge in [-0.3, -0.25) is 14.9 Å². The number of nitrogens with one attached hydrogen (secondary N) is 2. The number of benzene rings is 1. The molecule has 1 aromatic rings. The number of hydrogen-bond acceptors (Lipinski definition) is 6. The summed E-state index contributed by atoms with van der Waals surface area (Å²) in [6, 6.07) is 2.22. The SMILES string of the molecule is Cl.NC1(C(=O)NCCNc2ccc(C(F)(F)F)cc2[N+](=O)[O-])CCOCC1. The Hall–Kier alpha value is -2.11. The van der Waals surface area contributed by atoms with Gasteiger partial charge in [0.1, 0.15) is 5.69 Å². The Kier molecular flexibility index (Phi) is 7.81. The summed E-state index contributed by atoms with van der Waals surface area (Å²) in [6.45, 7) is 0.973. The number of halogens is 4. The zero-order valence-electron chi connectivity index (χ0n) is 14.2. The fourth-order valence-electron chi connectivity index (χ4n) is 2.52. The maximum absolute atomic E-state index is 12.7. The molecule has 0 spiro atoms. The van der Waals surface area contributed by atoms with Gasteiger partial charge in [0.05, 0.1) is 16.0 Å². The first-order chi connectivity index (χ1) is 12.1. The number of rotatable bonds is 6. The molecule has 1 aromatic carbocycles. The molecule has 1 amide bonds. The normalized spacial score (nSPS) is 16.1. The second-order valence-electron chi connectivity index (χ2n) is 5.94. The van der Waals surface area contributed by atoms with Crippen LogP contribution in [0.1, 0.15) is 18.4 Å². The van der Waals surface area contributed by atoms with E-state index in [1.54, 1.807) is 0 Å². The highest BCUT2D eigenvalue weighted by Crippen LogP contribution is 2.34. The van der Waals surface area contributed by atoms with Crippen LogP contribution in [-0.4, -0.2) is 42.7 Å². The molecule has 0 aliphatic carbocycles. The molecule has 1 saturated heterocycles. The van der Waals surface area contributed by atoms with Gasteiger partial charge in [0, 0.05) is 32.4 Å². The fourth-order valence-corrected chi connectivity index (χ4v) is 2.52. The Morgan fingerprint density at radius 3 is 2.48 bits per heavy atom. The number of nitrogens with two attached hydrogens (primary N) is 1. The monoisotopic (exact) mass is 412 g/mol. The smallest absolute Gasteiger partial charge is 0.381 e. The first-order valence-corrected chi connectivity index (χ1v) is 7.88. The summed E-state index contributed by atoms with van der Waals surface area (Å²) in [5.41, 5.74) is 3.14. The topological polar surface area (TPSA) is 120 Å². The van der Waals surface area contributed by atoms with E-state index in [0.29, 0.717) is 32.1 Å². The molecule has 1 heterocycles. The molecule has 12 heteroatoms. The number of nitro benzene ring substituents is 1. The van der Waals surface area contributed by atoms with Crippen molar-refractivity contribution in [2.75, 3.05) is 31.6 Å². The molecule has 0 saturated carbocycles. The molecule has 1 aliphatic heterocycles. The van der Waals surface area contributed by atoms with Crippen molar-refractivity contribution in [2.45, 2.75) is 24.6 Å². The second-order valence-corrected chi connectivity index (χ2v) is 5.94. The summed E-state index contributed by atoms with van der Waals surface area (Å²) in [7, 11) is 0. The van der Waals surface area contributed by atoms with Gasteiger partial charge in [-0.1, -0.05) is 0 Å². The highest BCUT2D eigenvalue weighted by Gasteiger charge is 2.35. The Bertz CT molecular complexity index is 682. The number of anilines is 1. The number of carbonyl (C=O) groups is 1. The summed E-state index contributed by atoms with van der Waals surface area (Å²) in [4.78, 5) is 22.2. The minimum Gasteiger partial charge on any atom is -0.381 e. The van der Waals surface area contributed by atoms with Crippen molar-refractivity contribution in [3.63, 3.8) is 0 Å². The maximum Gasteiger partial charge on any atom is 0.416 e. The lowest BCUT2D eigenvalue weighted by molar-refractivity contribution is -0.384. The van der Waals surface area contributed by atoms with E-state index in [1.165, 1.54) is 0 Å². The lowest BCUT2D eigenvalue weighted by Gasteiger charge is -2.31. The van der Waals surface area contributed by atoms with Crippen LogP contribution in [0, 0.1) is 10.1 Å². The summed E-state index contributed by atoms with van der Waals surface area (Å²) in [5.74, 6) is -0.357. The molecule has 0 atom stereocenters. The van der Waals surface area contributed by atoms with Gasteiger partial charge >= 0.3 is 6.18 Å². The highest BCUT2D eigenvalue weighted by atomic mass is 35.5. The van der Waals surface area contributed by atoms with Gasteiger partial charge in [-0.15, -0.1) is 12.4 Å². The van der Waals surface area contributed by atoms with Crippen LogP contribution < -0.4 is 16.4 Å². The Labute approximate surface area is 159 Å². The number of alkyl halides is 3. The average Bonchev–Trinajstić information content (AvgIpc) is 2.58. The van der Waals surface area contributed by atoms with E-state index in [-0.39, 0.29) is 37.1 Å². The van der Waals surface area contributed by atoms with Crippen LogP contribution in [0.15, 0.2) is 18.2 Å². The standard InChI is InChI=1S/C15H19F3N4O4.ClH/c16-15(17,18)10-1-2-11(12(9-10)22(24)25)20-5-6-21-13(23)14(19)3-7-26-8-4-14;/h1-2,9,20H,3-8,19H2,(H,21,23);1H. The van der Waals surface area contributed by atoms with Crippen LogP contribution in [0.3, 0.4) is 0 Å². The van der Waals surface area contributed by atoms with Crippen molar-refractivity contribution in [1.82, 2.24) is 5.32 Å². The van der Waals surface area contributed by atoms with E-state index in [2.05, 4.69) is 10.6 Å². The van der Waals surface area contributed by atoms with E-state index >= 15 is 0 Å². The summed E-state index contributed by atoms with van der Waals surface area (Å²) in [6.07, 6.45) is -3.90. The van der Waals surface area contributed by atoms with Gasteiger partial charge in [-0.05, 0) is 25.0 Å². The van der Waals surface area contributed by atoms with Crippen molar-refractivity contribution in [3.05, 3.63) is 33.9 Å². The lowest BCUT2D eigenvalue weighted by atomic mass is 9.90. The average molecular weight is 413 g/mol. The third kappa shape index (κ3) is 5.94. The predicted molar refractivity (Wildman–Crippen MR) is 93.8 cm³/mol. The number of nitrogens with zero attached hydrogens (tertiary/aromatic N) is 1. The fraction of sp³-hybridized carbons (Fsp3) is 0.533. The number of ether oxygens (including phenoxy) is 1. The molecular weight excluding hydrogens is 393 g/mol. The number of carbonyl (C=O) groups excluding carboxylic acids is 1. The van der Waals surface area contributed by atoms with Gasteiger partial charge in [0.25, 0.3) is 5.69 Å². The van der Waals surface area contributed by atoms with E-state index in [4.69, 9.17) is 10.5 Å². The Balaban J connectivity index is 0.00000364. The van der Waals surface area contributed by atoms with Gasteiger partial charge in [-0.25, -0.2) is 0 Å². The zero-order valence-corrected chi connectivity index (χ0v) is 15.0. The second kappa shape index (κ2) is 9.20. The summed E-state index contributed by atoms with van der Waals surface area (Å²) >= 11 is 0. The van der Waals surface area contributed by atoms with Crippen molar-refractivity contribution in [3.8, 4) is 0 Å². The summed E-state index contributed by atoms with van der Waals surface area (Å²) in [5, 5.41) is 16.3. The third-order valence-electron chi connectivity index (χ3n) is 4.08. The van der Waals surface area contributed by atoms with Gasteiger partial charge in [0.15, 0.2) is 0 Å². The number of amides is 1. The largest absolute Gasteiger partial charge is 0.416 e. The summed E-state index contributed by atoms with van der Waals surface area (Å²) < 4.78 is 43.1. The molecule has 27 heavy (non-hydrogen) atoms. The number of nitro groups is 1. The van der Waals surface area contributed by atoms with Crippen LogP contribution in [0.25, 0.3) is 0 Å². The zero-order chi connectivity index (χ0) is 19.4. The maximum atomic E-state index is 12.7. The van der Waals surface area contributed by atoms with Crippen LogP contribution in [0.2, 0.25) is 0 Å². The quantitative estimate of drug-likeness (QED) is 0.374. The minimum absolute atomic E-state index is 0. The van der Waals surface area contributed by atoms with Crippen molar-refractivity contribution in [2.24, 2.45) is 5.73 Å². The number of hydrogen-bond donors (Lipinski definition) is 3. The van der Waals surface area contributed by atoms with E-state index in [0.717, 1.165) is 12.1 Å². The molecule has 0 unspecified atom stereocenters. The minimum atomic E-state index is -4.67. The first-order valence-electron chi connectivity index (χ1n) is 7.88. The molecule has 152 valence electrons. The molecule has 1 aliphatic rings. The van der Waals surface area contributed by atoms with Crippen LogP contribution in [0.4, 0.5) is 24.5 Å². The van der Waals surface area contributed by atoms with Gasteiger partial charge in [-0.2, -0.15) is 13.2 Å². The van der Waals surface area contributed by atoms with Crippen molar-refractivity contribution in [1.29, 1.82) is 0 Å². The van der Waals surface area contributed by atoms with E-state index in [1.807, 2.05) is 0 Å². The molecule has 4 N–H and O–H groups in total. The molecule has 0 radical (unpaired) electrons. The molecule has 0 aromatic heterocycles. The van der Waals surface area contributed by atoms with E-state index < -0.39 is 27.9 Å². The predicted octanol–water partition coefficient (Wildman–Crippen LogP) is 2.07. The van der Waals surface area contributed by atoms with Gasteiger partial charge < -0.3 is 21.1 Å². The molecule has 8 nitrogen and oxygen atoms in total. The molecule has 2 rings (SSSR count). The van der Waals surface area contributed by atoms with Gasteiger partial charge in [0.2, 0.25) is 5.91 Å². The van der Waals surface area contributed by atoms with Crippen molar-refractivity contribution < 1.29 is 27.6 Å². The van der Waals surface area contributed by atoms with Crippen molar-refractivity contribution >= 4 is 29.7 Å². The van der Waals surface area contributed by atoms with Crippen LogP contribution in [0.5, 0.6) is 0 Å². The Morgan fingerprint density at radius 1 is 1.30 bits per heavy atom. The molecule has 0 bridgehead atoms. The van der Waals surface area contributed by atoms with Crippen LogP contribution >= 0.6 is 12.4 Å². The highest BCUT2D eigenvalue weighted by molar-refractivity contribution is 5.86. The Morgan fingerprint density at radius 2 is 1.93 bits per heavy atom. The molecular formula is C15H20ClF3N4O4. The lowest BCUT2D eigenvalue weighted by Crippen LogP contribution is -2.57. The molecule has 1 fully saturated rings. The van der Waals surface area contributed by atoms with Crippen LogP contribution in [-0.2, 0) is 15.7 Å². The third-order valence-corrected chi connectivity index (χ3v) is 4.08.